The Balaban J connectivity index is 1.50. The van der Waals surface area contributed by atoms with Crippen LogP contribution >= 0.6 is 46.0 Å². The number of rotatable bonds is 8. The number of methoxy groups -OCH3 is 1. The number of imide groups is 1. The molecule has 0 aromatic heterocycles. The van der Waals surface area contributed by atoms with Crippen molar-refractivity contribution in [1.82, 2.24) is 4.90 Å². The van der Waals surface area contributed by atoms with Gasteiger partial charge in [0.1, 0.15) is 13.2 Å². The van der Waals surface area contributed by atoms with E-state index < -0.39 is 17.1 Å². The predicted molar refractivity (Wildman–Crippen MR) is 149 cm³/mol. The molecule has 0 spiro atoms. The zero-order valence-electron chi connectivity index (χ0n) is 19.0. The van der Waals surface area contributed by atoms with Crippen LogP contribution in [-0.4, -0.2) is 35.6 Å². The van der Waals surface area contributed by atoms with Gasteiger partial charge < -0.3 is 14.8 Å². The Hall–Kier alpha value is -3.02. The zero-order chi connectivity index (χ0) is 25.7. The molecule has 3 aromatic rings. The Morgan fingerprint density at radius 1 is 1.08 bits per heavy atom. The van der Waals surface area contributed by atoms with Crippen LogP contribution in [0.5, 0.6) is 11.5 Å². The molecule has 1 N–H and O–H groups in total. The predicted octanol–water partition coefficient (Wildman–Crippen LogP) is 6.21. The van der Waals surface area contributed by atoms with Crippen LogP contribution in [0.3, 0.4) is 0 Å². The first kappa shape index (κ1) is 26.1. The molecule has 1 heterocycles. The van der Waals surface area contributed by atoms with Crippen molar-refractivity contribution in [2.24, 2.45) is 0 Å². The van der Waals surface area contributed by atoms with E-state index in [0.717, 1.165) is 25.8 Å². The van der Waals surface area contributed by atoms with E-state index in [1.54, 1.807) is 48.5 Å². The first-order valence-corrected chi connectivity index (χ1v) is 13.0. The van der Waals surface area contributed by atoms with Gasteiger partial charge in [0.2, 0.25) is 5.91 Å². The fraction of sp³-hybridized carbons (Fsp3) is 0.115. The number of amides is 3. The van der Waals surface area contributed by atoms with E-state index >= 15 is 0 Å². The average Bonchev–Trinajstić information content (AvgIpc) is 3.12. The molecule has 36 heavy (non-hydrogen) atoms. The van der Waals surface area contributed by atoms with Gasteiger partial charge in [0.15, 0.2) is 11.5 Å². The minimum Gasteiger partial charge on any atom is -0.493 e. The summed E-state index contributed by atoms with van der Waals surface area (Å²) in [6.07, 6.45) is 1.57. The van der Waals surface area contributed by atoms with Crippen molar-refractivity contribution in [1.29, 1.82) is 0 Å². The van der Waals surface area contributed by atoms with Crippen LogP contribution in [0.1, 0.15) is 11.1 Å². The highest BCUT2D eigenvalue weighted by Gasteiger charge is 2.36. The summed E-state index contributed by atoms with van der Waals surface area (Å²) in [5.41, 5.74) is 2.05. The smallest absolute Gasteiger partial charge is 0.294 e. The number of hydrogen-bond donors (Lipinski definition) is 1. The largest absolute Gasteiger partial charge is 0.493 e. The molecule has 1 saturated heterocycles. The third-order valence-corrected chi connectivity index (χ3v) is 6.99. The molecule has 0 unspecified atom stereocenters. The van der Waals surface area contributed by atoms with Gasteiger partial charge in [-0.15, -0.1) is 0 Å². The van der Waals surface area contributed by atoms with Gasteiger partial charge in [-0.3, -0.25) is 19.3 Å². The number of nitrogens with zero attached hydrogens (tertiary/aromatic N) is 1. The lowest BCUT2D eigenvalue weighted by Gasteiger charge is -2.14. The number of hydrogen-bond acceptors (Lipinski definition) is 6. The summed E-state index contributed by atoms with van der Waals surface area (Å²) < 4.78 is 12.5. The van der Waals surface area contributed by atoms with Gasteiger partial charge in [-0.2, -0.15) is 0 Å². The lowest BCUT2D eigenvalue weighted by Crippen LogP contribution is -2.36. The lowest BCUT2D eigenvalue weighted by atomic mass is 10.1. The molecule has 10 heteroatoms. The molecular formula is C26H20ClIN2O5S. The Morgan fingerprint density at radius 3 is 2.50 bits per heavy atom. The highest BCUT2D eigenvalue weighted by atomic mass is 127. The third-order valence-electron chi connectivity index (χ3n) is 5.12. The second-order valence-electron chi connectivity index (χ2n) is 7.62. The number of nitrogens with one attached hydrogen (secondary N) is 1. The lowest BCUT2D eigenvalue weighted by molar-refractivity contribution is -0.127. The molecule has 0 aliphatic carbocycles. The monoisotopic (exact) mass is 634 g/mol. The molecule has 1 aliphatic heterocycles. The van der Waals surface area contributed by atoms with E-state index in [9.17, 15) is 14.4 Å². The second-order valence-corrected chi connectivity index (χ2v) is 10.3. The van der Waals surface area contributed by atoms with Gasteiger partial charge in [0.05, 0.1) is 12.0 Å². The van der Waals surface area contributed by atoms with Crippen molar-refractivity contribution < 1.29 is 23.9 Å². The van der Waals surface area contributed by atoms with Gasteiger partial charge in [-0.25, -0.2) is 0 Å². The molecule has 0 atom stereocenters. The van der Waals surface area contributed by atoms with E-state index in [2.05, 4.69) is 27.9 Å². The molecule has 4 rings (SSSR count). The van der Waals surface area contributed by atoms with Crippen LogP contribution in [0.15, 0.2) is 71.6 Å². The number of halogens is 2. The van der Waals surface area contributed by atoms with Gasteiger partial charge >= 0.3 is 0 Å². The fourth-order valence-corrected chi connectivity index (χ4v) is 4.67. The van der Waals surface area contributed by atoms with Gasteiger partial charge in [-0.05, 0) is 88.5 Å². The molecular weight excluding hydrogens is 615 g/mol. The number of carbonyl (C=O) groups excluding carboxylic acids is 3. The van der Waals surface area contributed by atoms with Crippen molar-refractivity contribution in [3.05, 3.63) is 91.4 Å². The van der Waals surface area contributed by atoms with Crippen LogP contribution in [0, 0.1) is 3.57 Å². The standard InChI is InChI=1S/C26H20ClIN2O5S/c1-34-21-4-2-3-17(24(21)35-15-16-5-7-18(27)8-6-16)13-22-25(32)30(26(33)36-22)14-23(31)29-20-11-9-19(28)10-12-20/h2-13H,14-15H2,1H3,(H,29,31)/b22-13+. The maximum absolute atomic E-state index is 13.0. The van der Waals surface area contributed by atoms with Crippen molar-refractivity contribution >= 4 is 74.8 Å². The Bertz CT molecular complexity index is 1330. The first-order valence-electron chi connectivity index (χ1n) is 10.7. The molecule has 3 amide bonds. The number of anilines is 1. The van der Waals surface area contributed by atoms with Crippen molar-refractivity contribution in [3.63, 3.8) is 0 Å². The van der Waals surface area contributed by atoms with E-state index in [1.165, 1.54) is 7.11 Å². The minimum atomic E-state index is -0.547. The summed E-state index contributed by atoms with van der Waals surface area (Å²) >= 11 is 8.89. The van der Waals surface area contributed by atoms with Crippen molar-refractivity contribution in [2.75, 3.05) is 19.0 Å². The highest BCUT2D eigenvalue weighted by molar-refractivity contribution is 14.1. The SMILES string of the molecule is COc1cccc(/C=C2/SC(=O)N(CC(=O)Nc3ccc(I)cc3)C2=O)c1OCc1ccc(Cl)cc1. The molecule has 1 fully saturated rings. The van der Waals surface area contributed by atoms with Gasteiger partial charge in [0.25, 0.3) is 11.1 Å². The van der Waals surface area contributed by atoms with Crippen LogP contribution < -0.4 is 14.8 Å². The quantitative estimate of drug-likeness (QED) is 0.235. The summed E-state index contributed by atoms with van der Waals surface area (Å²) in [6.45, 7) is -0.134. The third kappa shape index (κ3) is 6.40. The Kier molecular flexibility index (Phi) is 8.55. The summed E-state index contributed by atoms with van der Waals surface area (Å²) in [7, 11) is 1.52. The Morgan fingerprint density at radius 2 is 1.81 bits per heavy atom. The summed E-state index contributed by atoms with van der Waals surface area (Å²) in [4.78, 5) is 39.1. The van der Waals surface area contributed by atoms with Crippen LogP contribution in [-0.2, 0) is 16.2 Å². The Labute approximate surface area is 230 Å². The molecule has 1 aliphatic rings. The normalized spacial score (nSPS) is 14.3. The second kappa shape index (κ2) is 11.8. The van der Waals surface area contributed by atoms with E-state index in [-0.39, 0.29) is 18.1 Å². The number of carbonyl (C=O) groups is 3. The fourth-order valence-electron chi connectivity index (χ4n) is 3.35. The number of thioether (sulfide) groups is 1. The van der Waals surface area contributed by atoms with E-state index in [4.69, 9.17) is 21.1 Å². The summed E-state index contributed by atoms with van der Waals surface area (Å²) in [6, 6.07) is 19.7. The van der Waals surface area contributed by atoms with Crippen LogP contribution in [0.25, 0.3) is 6.08 Å². The maximum atomic E-state index is 13.0. The van der Waals surface area contributed by atoms with Crippen molar-refractivity contribution in [2.45, 2.75) is 6.61 Å². The first-order chi connectivity index (χ1) is 17.3. The van der Waals surface area contributed by atoms with Gasteiger partial charge in [-0.1, -0.05) is 35.9 Å². The molecule has 0 radical (unpaired) electrons. The highest BCUT2D eigenvalue weighted by Crippen LogP contribution is 2.37. The molecule has 7 nitrogen and oxygen atoms in total. The zero-order valence-corrected chi connectivity index (χ0v) is 22.7. The van der Waals surface area contributed by atoms with E-state index in [1.807, 2.05) is 24.3 Å². The molecule has 0 bridgehead atoms. The summed E-state index contributed by atoms with van der Waals surface area (Å²) in [5, 5.41) is 2.81. The molecule has 0 saturated carbocycles. The minimum absolute atomic E-state index is 0.187. The van der Waals surface area contributed by atoms with Crippen molar-refractivity contribution in [3.8, 4) is 11.5 Å². The molecule has 184 valence electrons. The molecule has 3 aromatic carbocycles. The number of ether oxygens (including phenoxy) is 2. The summed E-state index contributed by atoms with van der Waals surface area (Å²) in [5.74, 6) is -0.102. The number of para-hydroxylation sites is 1. The maximum Gasteiger partial charge on any atom is 0.294 e. The average molecular weight is 635 g/mol. The van der Waals surface area contributed by atoms with Crippen LogP contribution in [0.2, 0.25) is 5.02 Å². The van der Waals surface area contributed by atoms with Crippen LogP contribution in [0.4, 0.5) is 10.5 Å². The van der Waals surface area contributed by atoms with Gasteiger partial charge in [0, 0.05) is 19.8 Å². The number of benzene rings is 3. The topological polar surface area (TPSA) is 84.9 Å². The van der Waals surface area contributed by atoms with E-state index in [0.29, 0.717) is 27.8 Å².